The first-order chi connectivity index (χ1) is 14.4. The fourth-order valence-electron chi connectivity index (χ4n) is 4.09. The van der Waals surface area contributed by atoms with Crippen molar-refractivity contribution in [1.29, 1.82) is 0 Å². The van der Waals surface area contributed by atoms with Gasteiger partial charge in [-0.3, -0.25) is 9.59 Å². The molecule has 5 nitrogen and oxygen atoms in total. The molecule has 0 radical (unpaired) electrons. The minimum Gasteiger partial charge on any atom is -0.381 e. The van der Waals surface area contributed by atoms with Gasteiger partial charge in [-0.05, 0) is 81.5 Å². The number of benzene rings is 2. The summed E-state index contributed by atoms with van der Waals surface area (Å²) in [7, 11) is 0. The number of hydrogen-bond acceptors (Lipinski definition) is 4. The van der Waals surface area contributed by atoms with E-state index in [-0.39, 0.29) is 11.9 Å². The van der Waals surface area contributed by atoms with E-state index in [4.69, 9.17) is 4.74 Å². The number of hydrogen-bond donors (Lipinski definition) is 1. The molecule has 160 valence electrons. The molecular formula is C25H32N2O3. The maximum atomic E-state index is 12.2. The van der Waals surface area contributed by atoms with Gasteiger partial charge in [-0.2, -0.15) is 0 Å². The summed E-state index contributed by atoms with van der Waals surface area (Å²) >= 11 is 0. The van der Waals surface area contributed by atoms with Crippen LogP contribution in [0.5, 0.6) is 0 Å². The molecule has 0 saturated carbocycles. The second-order valence-electron chi connectivity index (χ2n) is 8.16. The van der Waals surface area contributed by atoms with Crippen molar-refractivity contribution in [2.24, 2.45) is 0 Å². The van der Waals surface area contributed by atoms with E-state index in [1.807, 2.05) is 51.1 Å². The number of carbonyl (C=O) groups is 2. The largest absolute Gasteiger partial charge is 0.381 e. The predicted octanol–water partition coefficient (Wildman–Crippen LogP) is 4.62. The Morgan fingerprint density at radius 1 is 1.17 bits per heavy atom. The zero-order chi connectivity index (χ0) is 21.7. The zero-order valence-electron chi connectivity index (χ0n) is 18.4. The lowest BCUT2D eigenvalue weighted by molar-refractivity contribution is 0.0846. The molecule has 1 saturated heterocycles. The molecule has 2 aromatic carbocycles. The van der Waals surface area contributed by atoms with Gasteiger partial charge < -0.3 is 15.0 Å². The van der Waals surface area contributed by atoms with Crippen molar-refractivity contribution in [3.63, 3.8) is 0 Å². The predicted molar refractivity (Wildman–Crippen MR) is 121 cm³/mol. The van der Waals surface area contributed by atoms with Crippen molar-refractivity contribution >= 4 is 17.9 Å². The number of amides is 1. The van der Waals surface area contributed by atoms with Crippen molar-refractivity contribution < 1.29 is 14.3 Å². The number of nitrogens with one attached hydrogen (secondary N) is 1. The van der Waals surface area contributed by atoms with Gasteiger partial charge >= 0.3 is 0 Å². The van der Waals surface area contributed by atoms with Crippen LogP contribution >= 0.6 is 0 Å². The molecule has 1 heterocycles. The van der Waals surface area contributed by atoms with E-state index in [1.54, 1.807) is 0 Å². The molecule has 0 aromatic heterocycles. The van der Waals surface area contributed by atoms with Gasteiger partial charge in [-0.25, -0.2) is 0 Å². The number of rotatable bonds is 7. The highest BCUT2D eigenvalue weighted by Gasteiger charge is 2.23. The smallest absolute Gasteiger partial charge is 0.251 e. The van der Waals surface area contributed by atoms with Gasteiger partial charge in [0, 0.05) is 48.7 Å². The Kier molecular flexibility index (Phi) is 7.27. The lowest BCUT2D eigenvalue weighted by Crippen LogP contribution is -2.40. The van der Waals surface area contributed by atoms with Gasteiger partial charge in [0.05, 0.1) is 0 Å². The van der Waals surface area contributed by atoms with E-state index in [9.17, 15) is 9.59 Å². The third-order valence-electron chi connectivity index (χ3n) is 5.73. The molecule has 1 fully saturated rings. The first kappa shape index (κ1) is 22.0. The summed E-state index contributed by atoms with van der Waals surface area (Å²) < 4.78 is 5.54. The van der Waals surface area contributed by atoms with E-state index < -0.39 is 0 Å². The van der Waals surface area contributed by atoms with Gasteiger partial charge in [0.2, 0.25) is 0 Å². The lowest BCUT2D eigenvalue weighted by Gasteiger charge is -2.36. The monoisotopic (exact) mass is 408 g/mol. The Morgan fingerprint density at radius 2 is 1.83 bits per heavy atom. The molecule has 0 bridgehead atoms. The lowest BCUT2D eigenvalue weighted by atomic mass is 9.95. The van der Waals surface area contributed by atoms with Crippen LogP contribution in [0, 0.1) is 6.92 Å². The van der Waals surface area contributed by atoms with Crippen molar-refractivity contribution in [1.82, 2.24) is 5.32 Å². The number of aldehydes is 1. The van der Waals surface area contributed by atoms with E-state index >= 15 is 0 Å². The van der Waals surface area contributed by atoms with Crippen molar-refractivity contribution in [2.45, 2.75) is 52.6 Å². The molecule has 1 amide bonds. The van der Waals surface area contributed by atoms with E-state index in [0.29, 0.717) is 17.2 Å². The van der Waals surface area contributed by atoms with E-state index in [0.717, 1.165) is 61.3 Å². The maximum absolute atomic E-state index is 12.2. The second-order valence-corrected chi connectivity index (χ2v) is 8.16. The van der Waals surface area contributed by atoms with Crippen molar-refractivity contribution in [2.75, 3.05) is 24.7 Å². The Hall–Kier alpha value is -2.66. The standard InChI is InChI=1S/C25H32N2O3/c1-5-27(23-10-12-30-13-11-23)24-15-21(14-22(16-28)18(24)4)19-6-8-20(9-7-19)25(29)26-17(2)3/h6-9,14-17,23H,5,10-13H2,1-4H3,(H,26,29). The van der Waals surface area contributed by atoms with Gasteiger partial charge in [0.1, 0.15) is 6.29 Å². The van der Waals surface area contributed by atoms with Crippen LogP contribution in [-0.2, 0) is 4.74 Å². The van der Waals surface area contributed by atoms with Gasteiger partial charge in [0.25, 0.3) is 5.91 Å². The minimum atomic E-state index is -0.0774. The molecule has 1 N–H and O–H groups in total. The summed E-state index contributed by atoms with van der Waals surface area (Å²) in [6, 6.07) is 12.2. The minimum absolute atomic E-state index is 0.0774. The fraction of sp³-hybridized carbons (Fsp3) is 0.440. The van der Waals surface area contributed by atoms with Gasteiger partial charge in [-0.15, -0.1) is 0 Å². The third kappa shape index (κ3) is 4.90. The molecule has 0 aliphatic carbocycles. The Bertz CT molecular complexity index is 884. The average molecular weight is 409 g/mol. The highest BCUT2D eigenvalue weighted by Crippen LogP contribution is 2.33. The Labute approximate surface area is 179 Å². The molecule has 5 heteroatoms. The third-order valence-corrected chi connectivity index (χ3v) is 5.73. The Balaban J connectivity index is 1.96. The van der Waals surface area contributed by atoms with Gasteiger partial charge in [-0.1, -0.05) is 12.1 Å². The summed E-state index contributed by atoms with van der Waals surface area (Å²) in [6.45, 7) is 10.5. The van der Waals surface area contributed by atoms with E-state index in [1.165, 1.54) is 0 Å². The summed E-state index contributed by atoms with van der Waals surface area (Å²) in [4.78, 5) is 26.4. The summed E-state index contributed by atoms with van der Waals surface area (Å²) in [6.07, 6.45) is 2.92. The van der Waals surface area contributed by atoms with Crippen LogP contribution in [0.2, 0.25) is 0 Å². The molecule has 30 heavy (non-hydrogen) atoms. The molecule has 0 spiro atoms. The molecule has 0 atom stereocenters. The topological polar surface area (TPSA) is 58.6 Å². The SMILES string of the molecule is CCN(c1cc(-c2ccc(C(=O)NC(C)C)cc2)cc(C=O)c1C)C1CCOCC1. The van der Waals surface area contributed by atoms with Crippen LogP contribution in [0.25, 0.3) is 11.1 Å². The highest BCUT2D eigenvalue weighted by molar-refractivity contribution is 5.95. The normalized spacial score (nSPS) is 14.6. The second kappa shape index (κ2) is 9.90. The molecule has 2 aromatic rings. The summed E-state index contributed by atoms with van der Waals surface area (Å²) in [5.74, 6) is -0.0774. The molecule has 0 unspecified atom stereocenters. The Morgan fingerprint density at radius 3 is 2.40 bits per heavy atom. The summed E-state index contributed by atoms with van der Waals surface area (Å²) in [5.41, 5.74) is 5.42. The number of nitrogens with zero attached hydrogens (tertiary/aromatic N) is 1. The molecule has 3 rings (SSSR count). The van der Waals surface area contributed by atoms with E-state index in [2.05, 4.69) is 23.2 Å². The van der Waals surface area contributed by atoms with Crippen LogP contribution in [0.3, 0.4) is 0 Å². The van der Waals surface area contributed by atoms with Crippen LogP contribution in [-0.4, -0.2) is 44.0 Å². The number of anilines is 1. The fourth-order valence-corrected chi connectivity index (χ4v) is 4.09. The van der Waals surface area contributed by atoms with Crippen LogP contribution < -0.4 is 10.2 Å². The number of carbonyl (C=O) groups excluding carboxylic acids is 2. The zero-order valence-corrected chi connectivity index (χ0v) is 18.4. The quantitative estimate of drug-likeness (QED) is 0.679. The first-order valence-corrected chi connectivity index (χ1v) is 10.8. The summed E-state index contributed by atoms with van der Waals surface area (Å²) in [5, 5.41) is 2.91. The van der Waals surface area contributed by atoms with Crippen LogP contribution in [0.15, 0.2) is 36.4 Å². The van der Waals surface area contributed by atoms with Gasteiger partial charge in [0.15, 0.2) is 0 Å². The van der Waals surface area contributed by atoms with Crippen LogP contribution in [0.4, 0.5) is 5.69 Å². The molecule has 1 aliphatic heterocycles. The van der Waals surface area contributed by atoms with Crippen LogP contribution in [0.1, 0.15) is 59.9 Å². The maximum Gasteiger partial charge on any atom is 0.251 e. The first-order valence-electron chi connectivity index (χ1n) is 10.8. The molecule has 1 aliphatic rings. The van der Waals surface area contributed by atoms with Crippen molar-refractivity contribution in [3.05, 3.63) is 53.1 Å². The van der Waals surface area contributed by atoms with Crippen molar-refractivity contribution in [3.8, 4) is 11.1 Å². The molecular weight excluding hydrogens is 376 g/mol. The average Bonchev–Trinajstić information content (AvgIpc) is 2.76. The number of ether oxygens (including phenoxy) is 1. The highest BCUT2D eigenvalue weighted by atomic mass is 16.5.